The third kappa shape index (κ3) is 4.77. The van der Waals surface area contributed by atoms with E-state index in [9.17, 15) is 0 Å². The monoisotopic (exact) mass is 221 g/mol. The zero-order valence-electron chi connectivity index (χ0n) is 10.5. The maximum atomic E-state index is 9.16. The van der Waals surface area contributed by atoms with Gasteiger partial charge in [0.05, 0.1) is 6.10 Å². The molecule has 2 nitrogen and oxygen atoms in total. The molecule has 16 heavy (non-hydrogen) atoms. The fourth-order valence-electron chi connectivity index (χ4n) is 1.78. The molecule has 90 valence electrons. The van der Waals surface area contributed by atoms with Crippen LogP contribution in [0.1, 0.15) is 31.4 Å². The van der Waals surface area contributed by atoms with Crippen LogP contribution in [-0.4, -0.2) is 23.8 Å². The molecular weight excluding hydrogens is 198 g/mol. The molecule has 0 saturated heterocycles. The molecule has 0 aliphatic carbocycles. The minimum Gasteiger partial charge on any atom is -0.393 e. The van der Waals surface area contributed by atoms with Crippen molar-refractivity contribution in [3.63, 3.8) is 0 Å². The van der Waals surface area contributed by atoms with Crippen molar-refractivity contribution >= 4 is 0 Å². The van der Waals surface area contributed by atoms with Gasteiger partial charge in [-0.15, -0.1) is 0 Å². The SMILES string of the molecule is Cc1ccccc1CC(C)NCCC(C)O. The Bertz CT molecular complexity index is 309. The number of benzene rings is 1. The summed E-state index contributed by atoms with van der Waals surface area (Å²) in [6, 6.07) is 8.95. The molecule has 0 spiro atoms. The normalized spacial score (nSPS) is 14.8. The second-order valence-corrected chi connectivity index (χ2v) is 4.62. The molecule has 0 saturated carbocycles. The number of aryl methyl sites for hydroxylation is 1. The summed E-state index contributed by atoms with van der Waals surface area (Å²) in [5.41, 5.74) is 2.76. The highest BCUT2D eigenvalue weighted by molar-refractivity contribution is 5.26. The number of nitrogens with one attached hydrogen (secondary N) is 1. The van der Waals surface area contributed by atoms with Crippen molar-refractivity contribution in [2.24, 2.45) is 0 Å². The summed E-state index contributed by atoms with van der Waals surface area (Å²) in [6.07, 6.45) is 1.66. The van der Waals surface area contributed by atoms with Gasteiger partial charge < -0.3 is 10.4 Å². The highest BCUT2D eigenvalue weighted by Crippen LogP contribution is 2.09. The minimum absolute atomic E-state index is 0.210. The molecule has 0 bridgehead atoms. The van der Waals surface area contributed by atoms with Gasteiger partial charge in [0.15, 0.2) is 0 Å². The van der Waals surface area contributed by atoms with E-state index < -0.39 is 0 Å². The van der Waals surface area contributed by atoms with Crippen molar-refractivity contribution in [1.29, 1.82) is 0 Å². The van der Waals surface area contributed by atoms with Crippen molar-refractivity contribution in [1.82, 2.24) is 5.32 Å². The average Bonchev–Trinajstić information content (AvgIpc) is 2.21. The van der Waals surface area contributed by atoms with Crippen LogP contribution in [0.5, 0.6) is 0 Å². The Morgan fingerprint density at radius 2 is 1.94 bits per heavy atom. The highest BCUT2D eigenvalue weighted by atomic mass is 16.3. The van der Waals surface area contributed by atoms with Crippen molar-refractivity contribution in [3.05, 3.63) is 35.4 Å². The molecule has 2 atom stereocenters. The topological polar surface area (TPSA) is 32.3 Å². The van der Waals surface area contributed by atoms with Crippen LogP contribution < -0.4 is 5.32 Å². The molecule has 2 heteroatoms. The van der Waals surface area contributed by atoms with E-state index in [-0.39, 0.29) is 6.10 Å². The van der Waals surface area contributed by atoms with Crippen molar-refractivity contribution < 1.29 is 5.11 Å². The molecule has 0 heterocycles. The van der Waals surface area contributed by atoms with Gasteiger partial charge in [-0.1, -0.05) is 24.3 Å². The van der Waals surface area contributed by atoms with E-state index in [1.807, 2.05) is 6.92 Å². The molecule has 1 aromatic carbocycles. The second kappa shape index (κ2) is 6.66. The Hall–Kier alpha value is -0.860. The number of hydrogen-bond donors (Lipinski definition) is 2. The van der Waals surface area contributed by atoms with Crippen LogP contribution in [-0.2, 0) is 6.42 Å². The summed E-state index contributed by atoms with van der Waals surface area (Å²) in [4.78, 5) is 0. The number of aliphatic hydroxyl groups excluding tert-OH is 1. The molecule has 0 fully saturated rings. The molecule has 2 unspecified atom stereocenters. The molecule has 0 aliphatic heterocycles. The van der Waals surface area contributed by atoms with Gasteiger partial charge in [0.2, 0.25) is 0 Å². The minimum atomic E-state index is -0.210. The van der Waals surface area contributed by atoms with Gasteiger partial charge in [0, 0.05) is 6.04 Å². The van der Waals surface area contributed by atoms with Crippen LogP contribution in [0, 0.1) is 6.92 Å². The van der Waals surface area contributed by atoms with E-state index in [1.165, 1.54) is 11.1 Å². The van der Waals surface area contributed by atoms with Gasteiger partial charge in [-0.2, -0.15) is 0 Å². The largest absolute Gasteiger partial charge is 0.393 e. The van der Waals surface area contributed by atoms with Crippen LogP contribution in [0.4, 0.5) is 0 Å². The first-order valence-corrected chi connectivity index (χ1v) is 6.05. The van der Waals surface area contributed by atoms with E-state index in [0.717, 1.165) is 19.4 Å². The van der Waals surface area contributed by atoms with Crippen LogP contribution in [0.3, 0.4) is 0 Å². The van der Waals surface area contributed by atoms with Crippen LogP contribution in [0.25, 0.3) is 0 Å². The number of hydrogen-bond acceptors (Lipinski definition) is 2. The van der Waals surface area contributed by atoms with Crippen molar-refractivity contribution in [3.8, 4) is 0 Å². The predicted molar refractivity (Wildman–Crippen MR) is 68.6 cm³/mol. The first-order valence-electron chi connectivity index (χ1n) is 6.05. The molecule has 0 radical (unpaired) electrons. The lowest BCUT2D eigenvalue weighted by Crippen LogP contribution is -2.30. The summed E-state index contributed by atoms with van der Waals surface area (Å²) < 4.78 is 0. The van der Waals surface area contributed by atoms with E-state index in [2.05, 4.69) is 43.4 Å². The molecule has 0 aromatic heterocycles. The summed E-state index contributed by atoms with van der Waals surface area (Å²) >= 11 is 0. The third-order valence-corrected chi connectivity index (χ3v) is 2.84. The molecular formula is C14H23NO. The van der Waals surface area contributed by atoms with Gasteiger partial charge >= 0.3 is 0 Å². The van der Waals surface area contributed by atoms with E-state index in [1.54, 1.807) is 0 Å². The van der Waals surface area contributed by atoms with E-state index in [0.29, 0.717) is 6.04 Å². The molecule has 2 N–H and O–H groups in total. The summed E-state index contributed by atoms with van der Waals surface area (Å²) in [5, 5.41) is 12.6. The summed E-state index contributed by atoms with van der Waals surface area (Å²) in [6.45, 7) is 7.05. The fourth-order valence-corrected chi connectivity index (χ4v) is 1.78. The van der Waals surface area contributed by atoms with E-state index >= 15 is 0 Å². The van der Waals surface area contributed by atoms with Crippen LogP contribution >= 0.6 is 0 Å². The maximum absolute atomic E-state index is 9.16. The van der Waals surface area contributed by atoms with Crippen molar-refractivity contribution in [2.75, 3.05) is 6.54 Å². The quantitative estimate of drug-likeness (QED) is 0.772. The molecule has 1 rings (SSSR count). The lowest BCUT2D eigenvalue weighted by Gasteiger charge is -2.15. The average molecular weight is 221 g/mol. The lowest BCUT2D eigenvalue weighted by atomic mass is 10.0. The lowest BCUT2D eigenvalue weighted by molar-refractivity contribution is 0.182. The van der Waals surface area contributed by atoms with E-state index in [4.69, 9.17) is 5.11 Å². The second-order valence-electron chi connectivity index (χ2n) is 4.62. The third-order valence-electron chi connectivity index (χ3n) is 2.84. The number of rotatable bonds is 6. The smallest absolute Gasteiger partial charge is 0.0524 e. The Morgan fingerprint density at radius 1 is 1.25 bits per heavy atom. The molecule has 0 aliphatic rings. The fraction of sp³-hybridized carbons (Fsp3) is 0.571. The maximum Gasteiger partial charge on any atom is 0.0524 e. The first kappa shape index (κ1) is 13.2. The standard InChI is InChI=1S/C14H23NO/c1-11-6-4-5-7-14(11)10-12(2)15-9-8-13(3)16/h4-7,12-13,15-16H,8-10H2,1-3H3. The highest BCUT2D eigenvalue weighted by Gasteiger charge is 2.05. The van der Waals surface area contributed by atoms with Gasteiger partial charge in [-0.3, -0.25) is 0 Å². The molecule has 1 aromatic rings. The number of aliphatic hydroxyl groups is 1. The zero-order valence-corrected chi connectivity index (χ0v) is 10.5. The molecule has 0 amide bonds. The Balaban J connectivity index is 2.34. The van der Waals surface area contributed by atoms with Gasteiger partial charge in [0.1, 0.15) is 0 Å². The first-order chi connectivity index (χ1) is 7.59. The summed E-state index contributed by atoms with van der Waals surface area (Å²) in [7, 11) is 0. The van der Waals surface area contributed by atoms with Gasteiger partial charge in [-0.25, -0.2) is 0 Å². The van der Waals surface area contributed by atoms with Gasteiger partial charge in [0.25, 0.3) is 0 Å². The Labute approximate surface area is 98.7 Å². The zero-order chi connectivity index (χ0) is 12.0. The Morgan fingerprint density at radius 3 is 2.56 bits per heavy atom. The Kier molecular flexibility index (Phi) is 5.50. The van der Waals surface area contributed by atoms with Gasteiger partial charge in [-0.05, 0) is 51.3 Å². The summed E-state index contributed by atoms with van der Waals surface area (Å²) in [5.74, 6) is 0. The van der Waals surface area contributed by atoms with Crippen molar-refractivity contribution in [2.45, 2.75) is 45.8 Å². The van der Waals surface area contributed by atoms with Crippen LogP contribution in [0.2, 0.25) is 0 Å². The van der Waals surface area contributed by atoms with Crippen LogP contribution in [0.15, 0.2) is 24.3 Å². The predicted octanol–water partition coefficient (Wildman–Crippen LogP) is 2.29.